The number of nitriles is 1. The van der Waals surface area contributed by atoms with Crippen LogP contribution < -0.4 is 5.56 Å². The standard InChI is InChI=1S/C24H21N3OS2/c1-14-6-5-7-20(15(14)2)27-23(28)21-16(3)17(4)30-22(21)26-24(27)29-13-19-10-8-18(12-25)9-11-19/h5-11H,13H2,1-4H3. The van der Waals surface area contributed by atoms with Gasteiger partial charge >= 0.3 is 0 Å². The van der Waals surface area contributed by atoms with E-state index in [1.54, 1.807) is 27.7 Å². The van der Waals surface area contributed by atoms with Gasteiger partial charge < -0.3 is 0 Å². The van der Waals surface area contributed by atoms with Crippen molar-refractivity contribution >= 4 is 33.3 Å². The number of hydrogen-bond acceptors (Lipinski definition) is 5. The molecular formula is C24H21N3OS2. The van der Waals surface area contributed by atoms with Crippen molar-refractivity contribution in [1.82, 2.24) is 9.55 Å². The number of hydrogen-bond donors (Lipinski definition) is 0. The Balaban J connectivity index is 1.87. The zero-order valence-electron chi connectivity index (χ0n) is 17.3. The van der Waals surface area contributed by atoms with Crippen LogP contribution in [0.3, 0.4) is 0 Å². The van der Waals surface area contributed by atoms with Crippen LogP contribution >= 0.6 is 23.1 Å². The monoisotopic (exact) mass is 431 g/mol. The summed E-state index contributed by atoms with van der Waals surface area (Å²) >= 11 is 3.11. The first kappa shape index (κ1) is 20.4. The molecular weight excluding hydrogens is 410 g/mol. The largest absolute Gasteiger partial charge is 0.268 e. The highest BCUT2D eigenvalue weighted by Crippen LogP contribution is 2.31. The smallest absolute Gasteiger partial charge is 0.267 e. The normalized spacial score (nSPS) is 11.0. The highest BCUT2D eigenvalue weighted by Gasteiger charge is 2.19. The van der Waals surface area contributed by atoms with Gasteiger partial charge in [0.1, 0.15) is 4.83 Å². The Morgan fingerprint density at radius 1 is 1.07 bits per heavy atom. The first-order chi connectivity index (χ1) is 14.4. The molecule has 0 aliphatic carbocycles. The molecule has 0 amide bonds. The summed E-state index contributed by atoms with van der Waals surface area (Å²) in [6.07, 6.45) is 0. The molecule has 6 heteroatoms. The molecule has 150 valence electrons. The zero-order valence-corrected chi connectivity index (χ0v) is 18.9. The number of aryl methyl sites for hydroxylation is 3. The molecule has 0 radical (unpaired) electrons. The van der Waals surface area contributed by atoms with Crippen molar-refractivity contribution in [2.45, 2.75) is 38.6 Å². The van der Waals surface area contributed by atoms with Crippen LogP contribution in [-0.4, -0.2) is 9.55 Å². The minimum Gasteiger partial charge on any atom is -0.268 e. The third-order valence-corrected chi connectivity index (χ3v) is 7.55. The maximum atomic E-state index is 13.6. The molecule has 0 spiro atoms. The molecule has 0 saturated carbocycles. The van der Waals surface area contributed by atoms with Gasteiger partial charge in [0.05, 0.1) is 22.7 Å². The Labute approximate surface area is 183 Å². The minimum atomic E-state index is -0.0159. The Morgan fingerprint density at radius 2 is 1.80 bits per heavy atom. The molecule has 4 nitrogen and oxygen atoms in total. The topological polar surface area (TPSA) is 58.7 Å². The van der Waals surface area contributed by atoms with Crippen molar-refractivity contribution in [3.8, 4) is 11.8 Å². The van der Waals surface area contributed by atoms with E-state index >= 15 is 0 Å². The predicted molar refractivity (Wildman–Crippen MR) is 125 cm³/mol. The maximum absolute atomic E-state index is 13.6. The second-order valence-corrected chi connectivity index (χ2v) is 9.46. The number of rotatable bonds is 4. The molecule has 0 bridgehead atoms. The van der Waals surface area contributed by atoms with E-state index in [-0.39, 0.29) is 5.56 Å². The minimum absolute atomic E-state index is 0.0159. The van der Waals surface area contributed by atoms with E-state index < -0.39 is 0 Å². The summed E-state index contributed by atoms with van der Waals surface area (Å²) in [7, 11) is 0. The molecule has 0 fully saturated rings. The summed E-state index contributed by atoms with van der Waals surface area (Å²) in [5.41, 5.74) is 5.80. The fourth-order valence-electron chi connectivity index (χ4n) is 3.39. The van der Waals surface area contributed by atoms with E-state index in [9.17, 15) is 4.79 Å². The third-order valence-electron chi connectivity index (χ3n) is 5.44. The van der Waals surface area contributed by atoms with E-state index in [0.29, 0.717) is 21.9 Å². The summed E-state index contributed by atoms with van der Waals surface area (Å²) in [6, 6.07) is 15.7. The second kappa shape index (κ2) is 8.10. The van der Waals surface area contributed by atoms with E-state index in [1.807, 2.05) is 57.2 Å². The van der Waals surface area contributed by atoms with Crippen LogP contribution in [0, 0.1) is 39.0 Å². The summed E-state index contributed by atoms with van der Waals surface area (Å²) in [5, 5.41) is 10.4. The lowest BCUT2D eigenvalue weighted by Crippen LogP contribution is -2.22. The fourth-order valence-corrected chi connectivity index (χ4v) is 5.42. The van der Waals surface area contributed by atoms with Crippen LogP contribution in [0.25, 0.3) is 15.9 Å². The van der Waals surface area contributed by atoms with Gasteiger partial charge in [-0.05, 0) is 68.1 Å². The number of nitrogens with zero attached hydrogens (tertiary/aromatic N) is 3. The molecule has 2 heterocycles. The van der Waals surface area contributed by atoms with Gasteiger partial charge in [-0.3, -0.25) is 9.36 Å². The number of thiophene rings is 1. The molecule has 2 aromatic carbocycles. The van der Waals surface area contributed by atoms with E-state index in [0.717, 1.165) is 37.6 Å². The average Bonchev–Trinajstić information content (AvgIpc) is 3.03. The van der Waals surface area contributed by atoms with Gasteiger partial charge in [0.25, 0.3) is 5.56 Å². The maximum Gasteiger partial charge on any atom is 0.267 e. The van der Waals surface area contributed by atoms with Crippen LogP contribution in [0.2, 0.25) is 0 Å². The van der Waals surface area contributed by atoms with Crippen molar-refractivity contribution in [3.05, 3.63) is 85.5 Å². The SMILES string of the molecule is Cc1cccc(-n2c(SCc3ccc(C#N)cc3)nc3sc(C)c(C)c3c2=O)c1C. The quantitative estimate of drug-likeness (QED) is 0.301. The van der Waals surface area contributed by atoms with Gasteiger partial charge in [-0.2, -0.15) is 5.26 Å². The van der Waals surface area contributed by atoms with E-state index in [4.69, 9.17) is 10.2 Å². The molecule has 0 aliphatic rings. The Kier molecular flexibility index (Phi) is 5.50. The van der Waals surface area contributed by atoms with Crippen molar-refractivity contribution in [2.24, 2.45) is 0 Å². The summed E-state index contributed by atoms with van der Waals surface area (Å²) in [6.45, 7) is 8.13. The van der Waals surface area contributed by atoms with Gasteiger partial charge in [0.15, 0.2) is 5.16 Å². The second-order valence-electron chi connectivity index (χ2n) is 7.31. The molecule has 0 unspecified atom stereocenters. The lowest BCUT2D eigenvalue weighted by Gasteiger charge is -2.15. The predicted octanol–water partition coefficient (Wildman–Crippen LogP) is 5.84. The molecule has 0 aliphatic heterocycles. The lowest BCUT2D eigenvalue weighted by atomic mass is 10.1. The van der Waals surface area contributed by atoms with Crippen LogP contribution in [0.4, 0.5) is 0 Å². The molecule has 4 aromatic rings. The Bertz CT molecular complexity index is 1360. The van der Waals surface area contributed by atoms with Crippen molar-refractivity contribution in [2.75, 3.05) is 0 Å². The fraction of sp³-hybridized carbons (Fsp3) is 0.208. The number of fused-ring (bicyclic) bond motifs is 1. The van der Waals surface area contributed by atoms with Crippen molar-refractivity contribution in [1.29, 1.82) is 5.26 Å². The van der Waals surface area contributed by atoms with E-state index in [2.05, 4.69) is 19.1 Å². The molecule has 0 atom stereocenters. The van der Waals surface area contributed by atoms with Gasteiger partial charge in [-0.1, -0.05) is 36.0 Å². The lowest BCUT2D eigenvalue weighted by molar-refractivity contribution is 0.815. The Hall–Kier alpha value is -2.88. The van der Waals surface area contributed by atoms with Gasteiger partial charge in [0, 0.05) is 10.6 Å². The molecule has 4 rings (SSSR count). The van der Waals surface area contributed by atoms with Gasteiger partial charge in [0.2, 0.25) is 0 Å². The number of thioether (sulfide) groups is 1. The highest BCUT2D eigenvalue weighted by atomic mass is 32.2. The summed E-state index contributed by atoms with van der Waals surface area (Å²) in [5.74, 6) is 0.665. The highest BCUT2D eigenvalue weighted by molar-refractivity contribution is 7.98. The molecule has 0 N–H and O–H groups in total. The van der Waals surface area contributed by atoms with Crippen LogP contribution in [0.1, 0.15) is 32.7 Å². The summed E-state index contributed by atoms with van der Waals surface area (Å²) < 4.78 is 1.76. The van der Waals surface area contributed by atoms with E-state index in [1.165, 1.54) is 0 Å². The number of aromatic nitrogens is 2. The van der Waals surface area contributed by atoms with Crippen molar-refractivity contribution < 1.29 is 0 Å². The number of benzene rings is 2. The molecule has 2 aromatic heterocycles. The first-order valence-corrected chi connectivity index (χ1v) is 11.4. The first-order valence-electron chi connectivity index (χ1n) is 9.62. The van der Waals surface area contributed by atoms with Crippen LogP contribution in [-0.2, 0) is 5.75 Å². The third kappa shape index (κ3) is 3.55. The van der Waals surface area contributed by atoms with Crippen molar-refractivity contribution in [3.63, 3.8) is 0 Å². The average molecular weight is 432 g/mol. The van der Waals surface area contributed by atoms with Crippen LogP contribution in [0.15, 0.2) is 52.4 Å². The molecule has 0 saturated heterocycles. The van der Waals surface area contributed by atoms with Gasteiger partial charge in [-0.15, -0.1) is 11.3 Å². The molecule has 30 heavy (non-hydrogen) atoms. The van der Waals surface area contributed by atoms with Crippen LogP contribution in [0.5, 0.6) is 0 Å². The Morgan fingerprint density at radius 3 is 2.50 bits per heavy atom. The van der Waals surface area contributed by atoms with Gasteiger partial charge in [-0.25, -0.2) is 4.98 Å². The zero-order chi connectivity index (χ0) is 21.4. The summed E-state index contributed by atoms with van der Waals surface area (Å²) in [4.78, 5) is 20.4.